The van der Waals surface area contributed by atoms with Gasteiger partial charge in [0.05, 0.1) is 10.5 Å². The molecule has 1 aromatic rings. The summed E-state index contributed by atoms with van der Waals surface area (Å²) in [6.07, 6.45) is -0.388. The van der Waals surface area contributed by atoms with E-state index in [2.05, 4.69) is 21.2 Å². The van der Waals surface area contributed by atoms with Gasteiger partial charge in [0.1, 0.15) is 19.8 Å². The maximum atomic E-state index is 11.0. The summed E-state index contributed by atoms with van der Waals surface area (Å²) in [6.45, 7) is 1.43. The number of rotatable bonds is 1. The van der Waals surface area contributed by atoms with Gasteiger partial charge in [-0.05, 0) is 33.6 Å². The van der Waals surface area contributed by atoms with Gasteiger partial charge in [-0.25, -0.2) is 4.79 Å². The first kappa shape index (κ1) is 10.7. The van der Waals surface area contributed by atoms with E-state index >= 15 is 0 Å². The normalized spacial score (nSPS) is 21.9. The maximum absolute atomic E-state index is 11.0. The molecule has 17 heavy (non-hydrogen) atoms. The number of amides is 1. The second-order valence-electron chi connectivity index (χ2n) is 3.82. The number of hydrogen-bond donors (Lipinski definition) is 1. The Hall–Kier alpha value is -1.43. The summed E-state index contributed by atoms with van der Waals surface area (Å²) in [6, 6.07) is 3.65. The SMILES string of the molecule is O=C1NC(c2cc(Br)c3c(c2)OCCO3)CO1. The van der Waals surface area contributed by atoms with Gasteiger partial charge in [-0.15, -0.1) is 0 Å². The second-order valence-corrected chi connectivity index (χ2v) is 4.68. The highest BCUT2D eigenvalue weighted by Crippen LogP contribution is 2.40. The molecule has 6 heteroatoms. The third-order valence-electron chi connectivity index (χ3n) is 2.69. The van der Waals surface area contributed by atoms with Crippen molar-refractivity contribution in [3.63, 3.8) is 0 Å². The van der Waals surface area contributed by atoms with E-state index in [1.54, 1.807) is 0 Å². The molecule has 2 heterocycles. The molecule has 1 unspecified atom stereocenters. The van der Waals surface area contributed by atoms with Crippen molar-refractivity contribution < 1.29 is 19.0 Å². The van der Waals surface area contributed by atoms with Gasteiger partial charge in [-0.2, -0.15) is 0 Å². The lowest BCUT2D eigenvalue weighted by atomic mass is 10.1. The highest BCUT2D eigenvalue weighted by Gasteiger charge is 2.26. The molecule has 3 rings (SSSR count). The third-order valence-corrected chi connectivity index (χ3v) is 3.28. The summed E-state index contributed by atoms with van der Waals surface area (Å²) in [4.78, 5) is 11.0. The van der Waals surface area contributed by atoms with Crippen LogP contribution in [-0.4, -0.2) is 25.9 Å². The first-order chi connectivity index (χ1) is 8.24. The number of nitrogens with one attached hydrogen (secondary N) is 1. The number of alkyl carbamates (subject to hydrolysis) is 1. The molecule has 0 spiro atoms. The van der Waals surface area contributed by atoms with E-state index < -0.39 is 0 Å². The molecule has 2 aliphatic rings. The zero-order chi connectivity index (χ0) is 11.8. The van der Waals surface area contributed by atoms with Crippen molar-refractivity contribution in [3.05, 3.63) is 22.2 Å². The van der Waals surface area contributed by atoms with Crippen LogP contribution < -0.4 is 14.8 Å². The van der Waals surface area contributed by atoms with Gasteiger partial charge < -0.3 is 19.5 Å². The molecule has 0 radical (unpaired) electrons. The zero-order valence-corrected chi connectivity index (χ0v) is 10.5. The lowest BCUT2D eigenvalue weighted by molar-refractivity contribution is 0.170. The van der Waals surface area contributed by atoms with Crippen LogP contribution in [0.1, 0.15) is 11.6 Å². The van der Waals surface area contributed by atoms with E-state index in [4.69, 9.17) is 14.2 Å². The van der Waals surface area contributed by atoms with Gasteiger partial charge in [0.15, 0.2) is 11.5 Å². The van der Waals surface area contributed by atoms with E-state index in [1.807, 2.05) is 12.1 Å². The van der Waals surface area contributed by atoms with E-state index in [1.165, 1.54) is 0 Å². The average molecular weight is 300 g/mol. The highest BCUT2D eigenvalue weighted by molar-refractivity contribution is 9.10. The summed E-state index contributed by atoms with van der Waals surface area (Å²) in [5.74, 6) is 1.41. The van der Waals surface area contributed by atoms with Crippen LogP contribution in [0.15, 0.2) is 16.6 Å². The average Bonchev–Trinajstić information content (AvgIpc) is 2.76. The van der Waals surface area contributed by atoms with Crippen LogP contribution in [0, 0.1) is 0 Å². The summed E-state index contributed by atoms with van der Waals surface area (Å²) in [7, 11) is 0. The van der Waals surface area contributed by atoms with Crippen LogP contribution in [0.3, 0.4) is 0 Å². The van der Waals surface area contributed by atoms with Crippen LogP contribution in [0.4, 0.5) is 4.79 Å². The van der Waals surface area contributed by atoms with Gasteiger partial charge >= 0.3 is 6.09 Å². The van der Waals surface area contributed by atoms with Crippen molar-refractivity contribution in [2.24, 2.45) is 0 Å². The summed E-state index contributed by atoms with van der Waals surface area (Å²) in [5, 5.41) is 2.73. The monoisotopic (exact) mass is 299 g/mol. The standard InChI is InChI=1S/C11H10BrNO4/c12-7-3-6(8-5-17-11(14)13-8)4-9-10(7)16-2-1-15-9/h3-4,8H,1-2,5H2,(H,13,14). The highest BCUT2D eigenvalue weighted by atomic mass is 79.9. The zero-order valence-electron chi connectivity index (χ0n) is 8.86. The van der Waals surface area contributed by atoms with Crippen LogP contribution in [-0.2, 0) is 4.74 Å². The molecule has 1 atom stereocenters. The summed E-state index contributed by atoms with van der Waals surface area (Å²) < 4.78 is 16.7. The minimum absolute atomic E-state index is 0.130. The number of carbonyl (C=O) groups is 1. The van der Waals surface area contributed by atoms with Gasteiger partial charge in [0.2, 0.25) is 0 Å². The van der Waals surface area contributed by atoms with Crippen molar-refractivity contribution in [1.29, 1.82) is 0 Å². The number of ether oxygens (including phenoxy) is 3. The van der Waals surface area contributed by atoms with Gasteiger partial charge in [0.25, 0.3) is 0 Å². The molecule has 0 saturated carbocycles. The smallest absolute Gasteiger partial charge is 0.407 e. The number of benzene rings is 1. The first-order valence-corrected chi connectivity index (χ1v) is 6.05. The van der Waals surface area contributed by atoms with Crippen LogP contribution in [0.25, 0.3) is 0 Å². The number of hydrogen-bond acceptors (Lipinski definition) is 4. The van der Waals surface area contributed by atoms with Crippen LogP contribution in [0.2, 0.25) is 0 Å². The molecule has 1 fully saturated rings. The minimum Gasteiger partial charge on any atom is -0.486 e. The van der Waals surface area contributed by atoms with Crippen LogP contribution >= 0.6 is 15.9 Å². The van der Waals surface area contributed by atoms with Crippen molar-refractivity contribution in [2.45, 2.75) is 6.04 Å². The van der Waals surface area contributed by atoms with Crippen molar-refractivity contribution >= 4 is 22.0 Å². The third kappa shape index (κ3) is 1.93. The molecule has 0 aliphatic carbocycles. The molecule has 5 nitrogen and oxygen atoms in total. The first-order valence-electron chi connectivity index (χ1n) is 5.26. The second kappa shape index (κ2) is 4.10. The Morgan fingerprint density at radius 1 is 1.24 bits per heavy atom. The van der Waals surface area contributed by atoms with Gasteiger partial charge in [-0.1, -0.05) is 0 Å². The summed E-state index contributed by atoms with van der Waals surface area (Å²) in [5.41, 5.74) is 0.937. The molecule has 0 bridgehead atoms. The van der Waals surface area contributed by atoms with Crippen molar-refractivity contribution in [3.8, 4) is 11.5 Å². The number of halogens is 1. The molecular formula is C11H10BrNO4. The number of cyclic esters (lactones) is 1. The number of fused-ring (bicyclic) bond motifs is 1. The van der Waals surface area contributed by atoms with Crippen molar-refractivity contribution in [1.82, 2.24) is 5.32 Å². The predicted molar refractivity (Wildman–Crippen MR) is 62.4 cm³/mol. The Balaban J connectivity index is 1.96. The van der Waals surface area contributed by atoms with Gasteiger partial charge in [-0.3, -0.25) is 0 Å². The quantitative estimate of drug-likeness (QED) is 0.862. The topological polar surface area (TPSA) is 56.8 Å². The molecule has 1 N–H and O–H groups in total. The Labute approximate surface area is 106 Å². The Morgan fingerprint density at radius 2 is 2.06 bits per heavy atom. The molecule has 90 valence electrons. The molecule has 1 aromatic carbocycles. The summed E-state index contributed by atoms with van der Waals surface area (Å²) >= 11 is 3.44. The number of carbonyl (C=O) groups excluding carboxylic acids is 1. The molecule has 0 aromatic heterocycles. The fourth-order valence-corrected chi connectivity index (χ4v) is 2.47. The maximum Gasteiger partial charge on any atom is 0.407 e. The van der Waals surface area contributed by atoms with Gasteiger partial charge in [0, 0.05) is 0 Å². The largest absolute Gasteiger partial charge is 0.486 e. The Kier molecular flexibility index (Phi) is 2.58. The molecular weight excluding hydrogens is 290 g/mol. The Bertz CT molecular complexity index is 477. The molecule has 1 amide bonds. The lowest BCUT2D eigenvalue weighted by Gasteiger charge is -2.21. The van der Waals surface area contributed by atoms with E-state index in [0.717, 1.165) is 10.0 Å². The fourth-order valence-electron chi connectivity index (χ4n) is 1.90. The van der Waals surface area contributed by atoms with Crippen molar-refractivity contribution in [2.75, 3.05) is 19.8 Å². The molecule has 2 aliphatic heterocycles. The fraction of sp³-hybridized carbons (Fsp3) is 0.364. The predicted octanol–water partition coefficient (Wildman–Crippen LogP) is 2.00. The van der Waals surface area contributed by atoms with E-state index in [9.17, 15) is 4.79 Å². The minimum atomic E-state index is -0.388. The van der Waals surface area contributed by atoms with E-state index in [-0.39, 0.29) is 12.1 Å². The van der Waals surface area contributed by atoms with Crippen LogP contribution in [0.5, 0.6) is 11.5 Å². The Morgan fingerprint density at radius 3 is 2.82 bits per heavy atom. The van der Waals surface area contributed by atoms with E-state index in [0.29, 0.717) is 31.3 Å². The molecule has 1 saturated heterocycles. The lowest BCUT2D eigenvalue weighted by Crippen LogP contribution is -2.20.